The van der Waals surface area contributed by atoms with E-state index in [4.69, 9.17) is 16.3 Å². The minimum absolute atomic E-state index is 0.154. The predicted octanol–water partition coefficient (Wildman–Crippen LogP) is 4.36. The summed E-state index contributed by atoms with van der Waals surface area (Å²) in [6.07, 6.45) is 3.18. The monoisotopic (exact) mass is 428 g/mol. The number of hydrogen-bond donors (Lipinski definition) is 0. The number of alkyl halides is 2. The van der Waals surface area contributed by atoms with Crippen LogP contribution in [0.2, 0.25) is 5.02 Å². The van der Waals surface area contributed by atoms with Crippen LogP contribution in [0.5, 0.6) is 0 Å². The van der Waals surface area contributed by atoms with Crippen molar-refractivity contribution < 1.29 is 13.5 Å². The maximum absolute atomic E-state index is 13.0. The highest BCUT2D eigenvalue weighted by molar-refractivity contribution is 7.98. The van der Waals surface area contributed by atoms with Crippen LogP contribution in [0.3, 0.4) is 0 Å². The summed E-state index contributed by atoms with van der Waals surface area (Å²) < 4.78 is 33.8. The Hall–Kier alpha value is -1.97. The molecule has 0 fully saturated rings. The van der Waals surface area contributed by atoms with Gasteiger partial charge in [-0.2, -0.15) is 8.78 Å². The Kier molecular flexibility index (Phi) is 7.03. The van der Waals surface area contributed by atoms with Gasteiger partial charge in [-0.1, -0.05) is 23.4 Å². The van der Waals surface area contributed by atoms with E-state index in [2.05, 4.69) is 9.97 Å². The highest BCUT2D eigenvalue weighted by atomic mass is 35.5. The summed E-state index contributed by atoms with van der Waals surface area (Å²) in [5.41, 5.74) is 0.274. The number of halogens is 3. The zero-order valence-corrected chi connectivity index (χ0v) is 16.7. The molecule has 0 aliphatic carbocycles. The molecule has 0 amide bonds. The molecule has 0 saturated carbocycles. The normalized spacial score (nSPS) is 11.6. The first kappa shape index (κ1) is 20.8. The zero-order chi connectivity index (χ0) is 20.1. The van der Waals surface area contributed by atoms with E-state index < -0.39 is 6.55 Å². The van der Waals surface area contributed by atoms with E-state index in [-0.39, 0.29) is 17.1 Å². The van der Waals surface area contributed by atoms with Crippen molar-refractivity contribution in [3.8, 4) is 0 Å². The van der Waals surface area contributed by atoms with Gasteiger partial charge in [0.05, 0.1) is 16.7 Å². The number of hydrogen-bond acceptors (Lipinski definition) is 5. The van der Waals surface area contributed by atoms with E-state index in [9.17, 15) is 13.6 Å². The van der Waals surface area contributed by atoms with Crippen LogP contribution in [0.25, 0.3) is 10.9 Å². The van der Waals surface area contributed by atoms with Gasteiger partial charge in [0.15, 0.2) is 5.16 Å². The molecule has 2 heterocycles. The molecule has 3 aromatic rings. The third-order valence-electron chi connectivity index (χ3n) is 4.05. The van der Waals surface area contributed by atoms with E-state index in [0.29, 0.717) is 47.3 Å². The van der Waals surface area contributed by atoms with Crippen molar-refractivity contribution in [3.05, 3.63) is 51.8 Å². The van der Waals surface area contributed by atoms with Gasteiger partial charge in [0.1, 0.15) is 5.82 Å². The molecular weight excluding hydrogens is 410 g/mol. The second-order valence-corrected chi connectivity index (χ2v) is 7.26. The maximum Gasteiger partial charge on any atom is 0.319 e. The number of benzene rings is 1. The van der Waals surface area contributed by atoms with Crippen molar-refractivity contribution in [2.45, 2.75) is 37.3 Å². The molecule has 0 aliphatic rings. The van der Waals surface area contributed by atoms with Gasteiger partial charge in [0.2, 0.25) is 0 Å². The summed E-state index contributed by atoms with van der Waals surface area (Å²) in [7, 11) is 0. The highest BCUT2D eigenvalue weighted by Gasteiger charge is 2.15. The lowest BCUT2D eigenvalue weighted by atomic mass is 10.2. The van der Waals surface area contributed by atoms with Crippen LogP contribution in [-0.4, -0.2) is 32.3 Å². The molecule has 2 aromatic heterocycles. The van der Waals surface area contributed by atoms with Gasteiger partial charge in [-0.15, -0.1) is 0 Å². The second kappa shape index (κ2) is 9.49. The molecule has 6 nitrogen and oxygen atoms in total. The van der Waals surface area contributed by atoms with Crippen molar-refractivity contribution >= 4 is 34.3 Å². The molecule has 0 radical (unpaired) electrons. The summed E-state index contributed by atoms with van der Waals surface area (Å²) in [5.74, 6) is 0.364. The van der Waals surface area contributed by atoms with Gasteiger partial charge in [-0.25, -0.2) is 9.97 Å². The lowest BCUT2D eigenvalue weighted by Gasteiger charge is -2.13. The fourth-order valence-electron chi connectivity index (χ4n) is 2.71. The minimum atomic E-state index is -2.67. The molecule has 0 N–H and O–H groups in total. The number of rotatable bonds is 9. The molecule has 0 atom stereocenters. The fraction of sp³-hybridized carbons (Fsp3) is 0.389. The third kappa shape index (κ3) is 4.71. The number of imidazole rings is 1. The molecule has 0 bridgehead atoms. The highest BCUT2D eigenvalue weighted by Crippen LogP contribution is 2.24. The first-order chi connectivity index (χ1) is 13.5. The van der Waals surface area contributed by atoms with Gasteiger partial charge in [0, 0.05) is 37.2 Å². The Morgan fingerprint density at radius 3 is 2.93 bits per heavy atom. The molecule has 0 unspecified atom stereocenters. The lowest BCUT2D eigenvalue weighted by Crippen LogP contribution is -2.24. The van der Waals surface area contributed by atoms with Crippen molar-refractivity contribution in [1.82, 2.24) is 19.1 Å². The molecule has 3 rings (SSSR count). The van der Waals surface area contributed by atoms with Crippen molar-refractivity contribution in [2.75, 3.05) is 13.2 Å². The Balaban J connectivity index is 1.93. The summed E-state index contributed by atoms with van der Waals surface area (Å²) in [6, 6.07) is 4.90. The molecule has 28 heavy (non-hydrogen) atoms. The van der Waals surface area contributed by atoms with Crippen molar-refractivity contribution in [3.63, 3.8) is 0 Å². The smallest absolute Gasteiger partial charge is 0.319 e. The molecule has 150 valence electrons. The van der Waals surface area contributed by atoms with Crippen LogP contribution in [-0.2, 0) is 17.0 Å². The SMILES string of the molecule is CCOCCCn1c(SCc2nccn2C(F)F)nc2cc(Cl)ccc2c1=O. The topological polar surface area (TPSA) is 61.9 Å². The number of ether oxygens (including phenoxy) is 1. The zero-order valence-electron chi connectivity index (χ0n) is 15.1. The van der Waals surface area contributed by atoms with Gasteiger partial charge >= 0.3 is 6.55 Å². The first-order valence-corrected chi connectivity index (χ1v) is 10.1. The average molecular weight is 429 g/mol. The van der Waals surface area contributed by atoms with Gasteiger partial charge < -0.3 is 4.74 Å². The molecule has 1 aromatic carbocycles. The second-order valence-electron chi connectivity index (χ2n) is 5.88. The maximum atomic E-state index is 13.0. The molecule has 0 spiro atoms. The molecule has 0 saturated heterocycles. The Morgan fingerprint density at radius 2 is 2.18 bits per heavy atom. The van der Waals surface area contributed by atoms with E-state index in [1.165, 1.54) is 24.2 Å². The fourth-order valence-corrected chi connectivity index (χ4v) is 3.85. The van der Waals surface area contributed by atoms with Crippen LogP contribution >= 0.6 is 23.4 Å². The predicted molar refractivity (Wildman–Crippen MR) is 105 cm³/mol. The van der Waals surface area contributed by atoms with E-state index in [1.54, 1.807) is 22.8 Å². The van der Waals surface area contributed by atoms with Gasteiger partial charge in [-0.3, -0.25) is 13.9 Å². The van der Waals surface area contributed by atoms with E-state index in [1.807, 2.05) is 6.92 Å². The largest absolute Gasteiger partial charge is 0.382 e. The van der Waals surface area contributed by atoms with Crippen LogP contribution in [0.15, 0.2) is 40.5 Å². The number of aromatic nitrogens is 4. The van der Waals surface area contributed by atoms with Crippen molar-refractivity contribution in [1.29, 1.82) is 0 Å². The van der Waals surface area contributed by atoms with Gasteiger partial charge in [0.25, 0.3) is 5.56 Å². The number of nitrogens with zero attached hydrogens (tertiary/aromatic N) is 4. The number of fused-ring (bicyclic) bond motifs is 1. The summed E-state index contributed by atoms with van der Waals surface area (Å²) in [6.45, 7) is 0.758. The molecular formula is C18H19ClF2N4O2S. The lowest BCUT2D eigenvalue weighted by molar-refractivity contribution is 0.0678. The number of thioether (sulfide) groups is 1. The summed E-state index contributed by atoms with van der Waals surface area (Å²) >= 11 is 7.21. The summed E-state index contributed by atoms with van der Waals surface area (Å²) in [5, 5.41) is 1.36. The first-order valence-electron chi connectivity index (χ1n) is 8.71. The Bertz CT molecular complexity index is 1010. The van der Waals surface area contributed by atoms with Crippen LogP contribution in [0, 0.1) is 0 Å². The average Bonchev–Trinajstić information content (AvgIpc) is 3.14. The van der Waals surface area contributed by atoms with Crippen LogP contribution in [0.4, 0.5) is 8.78 Å². The Labute approximate surface area is 169 Å². The Morgan fingerprint density at radius 1 is 1.36 bits per heavy atom. The minimum Gasteiger partial charge on any atom is -0.382 e. The van der Waals surface area contributed by atoms with E-state index in [0.717, 1.165) is 4.57 Å². The van der Waals surface area contributed by atoms with Crippen LogP contribution in [0.1, 0.15) is 25.7 Å². The standard InChI is InChI=1S/C18H19ClF2N4O2S/c1-2-27-9-3-7-25-16(26)13-5-4-12(19)10-14(13)23-18(25)28-11-15-22-6-8-24(15)17(20)21/h4-6,8,10,17H,2-3,7,9,11H2,1H3. The van der Waals surface area contributed by atoms with Gasteiger partial charge in [-0.05, 0) is 31.5 Å². The third-order valence-corrected chi connectivity index (χ3v) is 5.25. The quantitative estimate of drug-likeness (QED) is 0.288. The van der Waals surface area contributed by atoms with Crippen molar-refractivity contribution in [2.24, 2.45) is 0 Å². The molecule has 0 aliphatic heterocycles. The summed E-state index contributed by atoms with van der Waals surface area (Å²) in [4.78, 5) is 21.5. The van der Waals surface area contributed by atoms with Crippen LogP contribution < -0.4 is 5.56 Å². The molecule has 10 heteroatoms. The van der Waals surface area contributed by atoms with E-state index >= 15 is 0 Å².